The number of rotatable bonds is 4. The molecule has 0 fully saturated rings. The number of hydrogen-bond acceptors (Lipinski definition) is 7. The number of carbonyl (C=O) groups excluding carboxylic acids is 1. The van der Waals surface area contributed by atoms with Crippen molar-refractivity contribution in [2.75, 3.05) is 19.8 Å². The van der Waals surface area contributed by atoms with Crippen LogP contribution in [0.4, 0.5) is 13.6 Å². The van der Waals surface area contributed by atoms with Crippen molar-refractivity contribution < 1.29 is 18.3 Å². The van der Waals surface area contributed by atoms with E-state index in [4.69, 9.17) is 4.74 Å². The van der Waals surface area contributed by atoms with Gasteiger partial charge >= 0.3 is 12.0 Å². The largest absolute Gasteiger partial charge is 0.444 e. The maximum absolute atomic E-state index is 14.8. The van der Waals surface area contributed by atoms with E-state index < -0.39 is 35.5 Å². The normalized spacial score (nSPS) is 12.5. The fourth-order valence-electron chi connectivity index (χ4n) is 2.12. The maximum Gasteiger partial charge on any atom is 0.410 e. The fourth-order valence-corrected chi connectivity index (χ4v) is 3.54. The number of aromatic nitrogens is 3. The van der Waals surface area contributed by atoms with Crippen LogP contribution in [0.15, 0.2) is 9.13 Å². The fraction of sp³-hybridized carbons (Fsp3) is 0.600. The summed E-state index contributed by atoms with van der Waals surface area (Å²) in [4.78, 5) is 33.2. The third kappa shape index (κ3) is 4.32. The second kappa shape index (κ2) is 7.10. The first kappa shape index (κ1) is 20.6. The van der Waals surface area contributed by atoms with Crippen LogP contribution in [-0.4, -0.2) is 51.0 Å². The lowest BCUT2D eigenvalue weighted by Gasteiger charge is -2.27. The summed E-state index contributed by atoms with van der Waals surface area (Å²) in [5.74, 6) is -4.27. The molecule has 144 valence electrons. The quantitative estimate of drug-likeness (QED) is 0.727. The Morgan fingerprint density at radius 1 is 1.35 bits per heavy atom. The Hall–Kier alpha value is -1.75. The molecular weight excluding hydrogens is 386 g/mol. The van der Waals surface area contributed by atoms with Gasteiger partial charge in [-0.2, -0.15) is 8.78 Å². The van der Waals surface area contributed by atoms with Gasteiger partial charge in [-0.3, -0.25) is 9.36 Å². The predicted octanol–water partition coefficient (Wildman–Crippen LogP) is 3.07. The summed E-state index contributed by atoms with van der Waals surface area (Å²) in [5.41, 5.74) is -1.40. The Balaban J connectivity index is 2.37. The van der Waals surface area contributed by atoms with Crippen molar-refractivity contribution in [3.63, 3.8) is 0 Å². The third-order valence-corrected chi connectivity index (χ3v) is 5.20. The molecule has 7 nitrogen and oxygen atoms in total. The summed E-state index contributed by atoms with van der Waals surface area (Å²) in [6.45, 7) is 3.96. The zero-order chi connectivity index (χ0) is 19.9. The molecule has 0 aliphatic carbocycles. The zero-order valence-electron chi connectivity index (χ0n) is 15.3. The van der Waals surface area contributed by atoms with Crippen molar-refractivity contribution in [2.24, 2.45) is 7.05 Å². The van der Waals surface area contributed by atoms with Crippen LogP contribution >= 0.6 is 23.1 Å². The van der Waals surface area contributed by atoms with Crippen LogP contribution in [0.2, 0.25) is 0 Å². The lowest BCUT2D eigenvalue weighted by atomic mass is 10.2. The smallest absolute Gasteiger partial charge is 0.410 e. The highest BCUT2D eigenvalue weighted by atomic mass is 32.2. The second-order valence-electron chi connectivity index (χ2n) is 6.68. The molecule has 0 spiro atoms. The first-order valence-electron chi connectivity index (χ1n) is 7.59. The van der Waals surface area contributed by atoms with E-state index in [2.05, 4.69) is 9.97 Å². The maximum atomic E-state index is 14.8. The Morgan fingerprint density at radius 3 is 2.50 bits per heavy atom. The monoisotopic (exact) mass is 406 g/mol. The van der Waals surface area contributed by atoms with Gasteiger partial charge in [0.05, 0.1) is 6.54 Å². The van der Waals surface area contributed by atoms with E-state index in [1.54, 1.807) is 27.0 Å². The number of halogens is 2. The number of thioether (sulfide) groups is 1. The molecule has 0 radical (unpaired) electrons. The van der Waals surface area contributed by atoms with Gasteiger partial charge in [-0.1, -0.05) is 23.1 Å². The Morgan fingerprint density at radius 2 is 1.96 bits per heavy atom. The molecule has 0 atom stereocenters. The van der Waals surface area contributed by atoms with E-state index in [-0.39, 0.29) is 10.3 Å². The predicted molar refractivity (Wildman–Crippen MR) is 97.2 cm³/mol. The number of alkyl halides is 2. The van der Waals surface area contributed by atoms with Crippen molar-refractivity contribution in [3.8, 4) is 0 Å². The van der Waals surface area contributed by atoms with Gasteiger partial charge in [0, 0.05) is 14.1 Å². The average Bonchev–Trinajstić information content (AvgIpc) is 2.92. The Bertz CT molecular complexity index is 889. The van der Waals surface area contributed by atoms with Crippen LogP contribution in [0.1, 0.15) is 26.6 Å². The highest BCUT2D eigenvalue weighted by molar-refractivity contribution is 8.00. The minimum Gasteiger partial charge on any atom is -0.444 e. The molecule has 1 amide bonds. The van der Waals surface area contributed by atoms with Crippen molar-refractivity contribution >= 4 is 39.5 Å². The number of thiazole rings is 1. The first-order valence-corrected chi connectivity index (χ1v) is 9.64. The Labute approximate surface area is 157 Å². The summed E-state index contributed by atoms with van der Waals surface area (Å²) in [5, 5.41) is 0. The topological polar surface area (TPSA) is 77.3 Å². The van der Waals surface area contributed by atoms with Crippen LogP contribution in [-0.2, 0) is 17.7 Å². The van der Waals surface area contributed by atoms with Crippen LogP contribution in [0.5, 0.6) is 0 Å². The second-order valence-corrected chi connectivity index (χ2v) is 8.71. The number of amides is 1. The molecule has 2 heterocycles. The highest BCUT2D eigenvalue weighted by Gasteiger charge is 2.40. The van der Waals surface area contributed by atoms with Crippen LogP contribution < -0.4 is 5.56 Å². The number of ether oxygens (including phenoxy) is 1. The third-order valence-electron chi connectivity index (χ3n) is 3.26. The van der Waals surface area contributed by atoms with E-state index in [0.717, 1.165) is 20.8 Å². The van der Waals surface area contributed by atoms with E-state index in [9.17, 15) is 18.4 Å². The van der Waals surface area contributed by atoms with Crippen molar-refractivity contribution in [1.82, 2.24) is 19.4 Å². The molecular formula is C15H20F2N4O3S2. The van der Waals surface area contributed by atoms with Crippen molar-refractivity contribution in [3.05, 3.63) is 16.2 Å². The molecule has 0 aromatic carbocycles. The minimum absolute atomic E-state index is 0.0573. The van der Waals surface area contributed by atoms with Gasteiger partial charge in [-0.05, 0) is 27.0 Å². The average molecular weight is 406 g/mol. The summed E-state index contributed by atoms with van der Waals surface area (Å²) >= 11 is 2.38. The molecule has 2 rings (SSSR count). The molecule has 0 unspecified atom stereocenters. The van der Waals surface area contributed by atoms with Crippen molar-refractivity contribution in [2.45, 2.75) is 36.6 Å². The van der Waals surface area contributed by atoms with Gasteiger partial charge < -0.3 is 9.64 Å². The molecule has 11 heteroatoms. The lowest BCUT2D eigenvalue weighted by Crippen LogP contribution is -2.42. The molecule has 0 aliphatic rings. The van der Waals surface area contributed by atoms with Crippen molar-refractivity contribution in [1.29, 1.82) is 0 Å². The molecule has 0 bridgehead atoms. The first-order chi connectivity index (χ1) is 11.9. The molecule has 0 saturated carbocycles. The molecule has 2 aromatic heterocycles. The summed E-state index contributed by atoms with van der Waals surface area (Å²) in [6, 6.07) is 0. The summed E-state index contributed by atoms with van der Waals surface area (Å²) in [7, 11) is 2.42. The van der Waals surface area contributed by atoms with Gasteiger partial charge in [0.15, 0.2) is 20.5 Å². The van der Waals surface area contributed by atoms with Gasteiger partial charge in [-0.25, -0.2) is 14.8 Å². The highest BCUT2D eigenvalue weighted by Crippen LogP contribution is 2.30. The van der Waals surface area contributed by atoms with Gasteiger partial charge in [0.25, 0.3) is 5.56 Å². The zero-order valence-corrected chi connectivity index (χ0v) is 16.9. The number of carbonyl (C=O) groups is 1. The SMILES string of the molecule is CSc1nc2c(=O)n(C)c(C(F)(F)CN(C)C(=O)OC(C)(C)C)nc2s1. The minimum atomic E-state index is -3.54. The van der Waals surface area contributed by atoms with E-state index >= 15 is 0 Å². The molecule has 0 saturated heterocycles. The lowest BCUT2D eigenvalue weighted by molar-refractivity contribution is -0.0498. The van der Waals surface area contributed by atoms with Crippen LogP contribution in [0, 0.1) is 0 Å². The van der Waals surface area contributed by atoms with Gasteiger partial charge in [0.2, 0.25) is 0 Å². The molecule has 2 aromatic rings. The number of fused-ring (bicyclic) bond motifs is 1. The van der Waals surface area contributed by atoms with E-state index in [0.29, 0.717) is 4.34 Å². The molecule has 0 N–H and O–H groups in total. The van der Waals surface area contributed by atoms with E-state index in [1.807, 2.05) is 0 Å². The summed E-state index contributed by atoms with van der Waals surface area (Å²) < 4.78 is 35.9. The molecule has 0 aliphatic heterocycles. The molecule has 26 heavy (non-hydrogen) atoms. The van der Waals surface area contributed by atoms with Crippen LogP contribution in [0.3, 0.4) is 0 Å². The number of likely N-dealkylation sites (N-methyl/N-ethyl adjacent to an activating group) is 1. The standard InChI is InChI=1S/C15H20F2N4O3S2/c1-14(2,3)24-13(23)20(4)7-15(16,17)11-19-9-8(10(22)21(11)5)18-12(25-6)26-9/h7H2,1-6H3. The number of nitrogens with zero attached hydrogens (tertiary/aromatic N) is 4. The van der Waals surface area contributed by atoms with Gasteiger partial charge in [-0.15, -0.1) is 0 Å². The van der Waals surface area contributed by atoms with Gasteiger partial charge in [0.1, 0.15) is 5.60 Å². The van der Waals surface area contributed by atoms with Crippen LogP contribution in [0.25, 0.3) is 10.3 Å². The summed E-state index contributed by atoms with van der Waals surface area (Å²) in [6.07, 6.45) is 0.888. The Kier molecular flexibility index (Phi) is 5.62. The number of hydrogen-bond donors (Lipinski definition) is 0. The van der Waals surface area contributed by atoms with E-state index in [1.165, 1.54) is 25.9 Å².